The predicted octanol–water partition coefficient (Wildman–Crippen LogP) is 3.06. The molecule has 4 rings (SSSR count). The molecule has 1 N–H and O–H groups in total. The van der Waals surface area contributed by atoms with Crippen molar-refractivity contribution in [2.75, 3.05) is 11.9 Å². The SMILES string of the molecule is [B]C1([B])C(C)OC(C)C(CNc2ccc(C(F)(F)F)cn2)N1C(=O)c1nn(C)c(C)c1-c1ccc(F)cn1. The van der Waals surface area contributed by atoms with Gasteiger partial charge < -0.3 is 15.0 Å². The molecule has 1 saturated heterocycles. The number of rotatable bonds is 5. The fourth-order valence-electron chi connectivity index (χ4n) is 4.38. The summed E-state index contributed by atoms with van der Waals surface area (Å²) in [6.45, 7) is 5.10. The largest absolute Gasteiger partial charge is 0.417 e. The Kier molecular flexibility index (Phi) is 7.30. The molecule has 0 aliphatic carbocycles. The summed E-state index contributed by atoms with van der Waals surface area (Å²) in [5.41, 5.74) is 0.432. The van der Waals surface area contributed by atoms with E-state index < -0.39 is 47.1 Å². The van der Waals surface area contributed by atoms with Gasteiger partial charge in [0.1, 0.15) is 11.6 Å². The fourth-order valence-corrected chi connectivity index (χ4v) is 4.38. The number of aromatic nitrogens is 4. The van der Waals surface area contributed by atoms with Crippen LogP contribution in [0.1, 0.15) is 35.6 Å². The van der Waals surface area contributed by atoms with Gasteiger partial charge in [0, 0.05) is 25.5 Å². The molecule has 4 heterocycles. The molecule has 1 amide bonds. The van der Waals surface area contributed by atoms with Gasteiger partial charge in [-0.2, -0.15) is 18.3 Å². The molecular weight excluding hydrogens is 502 g/mol. The summed E-state index contributed by atoms with van der Waals surface area (Å²) in [5, 5.41) is 5.55. The number of halogens is 4. The molecule has 1 aliphatic rings. The van der Waals surface area contributed by atoms with Crippen molar-refractivity contribution in [3.8, 4) is 11.3 Å². The number of ether oxygens (including phenoxy) is 1. The molecule has 8 nitrogen and oxygen atoms in total. The number of anilines is 1. The third-order valence-corrected chi connectivity index (χ3v) is 6.68. The standard InChI is InChI=1S/C24H24B2F4N6O2/c1-12-20(17-7-6-16(27)10-31-17)21(34-35(12)4)22(37)36-18(13(2)38-14(3)23(36,25)26)11-33-19-8-5-15(9-32-19)24(28,29)30/h5-10,13-14,18H,11H2,1-4H3,(H,32,33). The van der Waals surface area contributed by atoms with Gasteiger partial charge in [-0.05, 0) is 50.4 Å². The Balaban J connectivity index is 1.69. The van der Waals surface area contributed by atoms with Crippen molar-refractivity contribution < 1.29 is 27.1 Å². The molecule has 3 atom stereocenters. The minimum absolute atomic E-state index is 0.00309. The van der Waals surface area contributed by atoms with Crippen molar-refractivity contribution in [3.05, 3.63) is 59.4 Å². The molecule has 3 aromatic heterocycles. The van der Waals surface area contributed by atoms with E-state index in [-0.39, 0.29) is 18.1 Å². The van der Waals surface area contributed by atoms with Crippen molar-refractivity contribution >= 4 is 27.4 Å². The van der Waals surface area contributed by atoms with Crippen LogP contribution in [0.5, 0.6) is 0 Å². The molecule has 0 bridgehead atoms. The van der Waals surface area contributed by atoms with E-state index in [4.69, 9.17) is 20.4 Å². The van der Waals surface area contributed by atoms with E-state index in [9.17, 15) is 22.4 Å². The normalized spacial score (nSPS) is 21.4. The van der Waals surface area contributed by atoms with Crippen molar-refractivity contribution in [1.29, 1.82) is 0 Å². The van der Waals surface area contributed by atoms with Crippen molar-refractivity contribution in [2.24, 2.45) is 7.05 Å². The smallest absolute Gasteiger partial charge is 0.373 e. The predicted molar refractivity (Wildman–Crippen MR) is 133 cm³/mol. The fraction of sp³-hybridized carbons (Fsp3) is 0.417. The highest BCUT2D eigenvalue weighted by Gasteiger charge is 2.48. The Morgan fingerprint density at radius 1 is 1.16 bits per heavy atom. The average molecular weight is 526 g/mol. The number of pyridine rings is 2. The molecule has 0 saturated carbocycles. The maximum absolute atomic E-state index is 14.1. The molecule has 1 aliphatic heterocycles. The summed E-state index contributed by atoms with van der Waals surface area (Å²) in [6.07, 6.45) is -4.13. The van der Waals surface area contributed by atoms with Gasteiger partial charge >= 0.3 is 6.18 Å². The van der Waals surface area contributed by atoms with Gasteiger partial charge in [-0.1, -0.05) is 0 Å². The maximum atomic E-state index is 14.1. The van der Waals surface area contributed by atoms with Gasteiger partial charge in [0.25, 0.3) is 5.91 Å². The Labute approximate surface area is 219 Å². The lowest BCUT2D eigenvalue weighted by molar-refractivity contribution is -0.137. The first-order valence-electron chi connectivity index (χ1n) is 11.7. The monoisotopic (exact) mass is 526 g/mol. The number of alkyl halides is 3. The Bertz CT molecular complexity index is 1320. The molecule has 196 valence electrons. The minimum Gasteiger partial charge on any atom is -0.373 e. The van der Waals surface area contributed by atoms with Crippen molar-refractivity contribution in [2.45, 2.75) is 50.5 Å². The molecular formula is C24H24B2F4N6O2. The van der Waals surface area contributed by atoms with Gasteiger partial charge in [-0.3, -0.25) is 14.5 Å². The van der Waals surface area contributed by atoms with E-state index in [0.717, 1.165) is 12.3 Å². The number of carbonyl (C=O) groups is 1. The third kappa shape index (κ3) is 5.13. The third-order valence-electron chi connectivity index (χ3n) is 6.68. The molecule has 3 aromatic rings. The highest BCUT2D eigenvalue weighted by molar-refractivity contribution is 6.41. The van der Waals surface area contributed by atoms with Gasteiger partial charge in [0.15, 0.2) is 5.69 Å². The van der Waals surface area contributed by atoms with Crippen LogP contribution in [-0.2, 0) is 18.0 Å². The zero-order valence-corrected chi connectivity index (χ0v) is 21.1. The molecule has 1 fully saturated rings. The van der Waals surface area contributed by atoms with Gasteiger partial charge in [-0.15, -0.1) is 0 Å². The molecule has 4 radical (unpaired) electrons. The van der Waals surface area contributed by atoms with E-state index >= 15 is 0 Å². The maximum Gasteiger partial charge on any atom is 0.417 e. The molecule has 38 heavy (non-hydrogen) atoms. The summed E-state index contributed by atoms with van der Waals surface area (Å²) in [4.78, 5) is 23.3. The second-order valence-electron chi connectivity index (χ2n) is 9.22. The summed E-state index contributed by atoms with van der Waals surface area (Å²) in [6, 6.07) is 3.98. The first kappa shape index (κ1) is 27.6. The van der Waals surface area contributed by atoms with Crippen LogP contribution in [0, 0.1) is 12.7 Å². The van der Waals surface area contributed by atoms with E-state index in [2.05, 4.69) is 20.4 Å². The summed E-state index contributed by atoms with van der Waals surface area (Å²) in [7, 11) is 14.5. The van der Waals surface area contributed by atoms with Crippen molar-refractivity contribution in [3.63, 3.8) is 0 Å². The van der Waals surface area contributed by atoms with Gasteiger partial charge in [0.2, 0.25) is 0 Å². The zero-order chi connectivity index (χ0) is 28.0. The number of morpholine rings is 1. The summed E-state index contributed by atoms with van der Waals surface area (Å²) < 4.78 is 59.6. The average Bonchev–Trinajstić information content (AvgIpc) is 3.14. The highest BCUT2D eigenvalue weighted by Crippen LogP contribution is 2.34. The van der Waals surface area contributed by atoms with E-state index in [0.29, 0.717) is 23.1 Å². The lowest BCUT2D eigenvalue weighted by Gasteiger charge is -2.54. The topological polar surface area (TPSA) is 85.2 Å². The number of amides is 1. The van der Waals surface area contributed by atoms with E-state index in [1.165, 1.54) is 27.8 Å². The number of nitrogens with zero attached hydrogens (tertiary/aromatic N) is 5. The van der Waals surface area contributed by atoms with Crippen LogP contribution < -0.4 is 5.32 Å². The highest BCUT2D eigenvalue weighted by atomic mass is 19.4. The van der Waals surface area contributed by atoms with Crippen LogP contribution in [0.4, 0.5) is 23.4 Å². The number of hydrogen-bond acceptors (Lipinski definition) is 6. The Morgan fingerprint density at radius 3 is 2.45 bits per heavy atom. The minimum atomic E-state index is -4.52. The van der Waals surface area contributed by atoms with Crippen LogP contribution in [0.3, 0.4) is 0 Å². The zero-order valence-electron chi connectivity index (χ0n) is 21.1. The van der Waals surface area contributed by atoms with Crippen LogP contribution in [0.2, 0.25) is 0 Å². The lowest BCUT2D eigenvalue weighted by atomic mass is 9.56. The van der Waals surface area contributed by atoms with E-state index in [1.807, 2.05) is 0 Å². The van der Waals surface area contributed by atoms with Crippen LogP contribution in [-0.4, -0.2) is 76.4 Å². The Hall–Kier alpha value is -3.41. The first-order valence-corrected chi connectivity index (χ1v) is 11.7. The molecule has 0 aromatic carbocycles. The van der Waals surface area contributed by atoms with Crippen LogP contribution >= 0.6 is 0 Å². The number of nitrogens with one attached hydrogen (secondary N) is 1. The van der Waals surface area contributed by atoms with Gasteiger partial charge in [-0.25, -0.2) is 9.37 Å². The Morgan fingerprint density at radius 2 is 1.87 bits per heavy atom. The van der Waals surface area contributed by atoms with Crippen LogP contribution in [0.25, 0.3) is 11.3 Å². The van der Waals surface area contributed by atoms with Gasteiger partial charge in [0.05, 0.1) is 57.0 Å². The van der Waals surface area contributed by atoms with Crippen molar-refractivity contribution in [1.82, 2.24) is 24.6 Å². The summed E-state index contributed by atoms with van der Waals surface area (Å²) in [5.74, 6) is -1.00. The second-order valence-corrected chi connectivity index (χ2v) is 9.22. The number of carbonyl (C=O) groups excluding carboxylic acids is 1. The molecule has 3 unspecified atom stereocenters. The number of hydrogen-bond donors (Lipinski definition) is 1. The van der Waals surface area contributed by atoms with E-state index in [1.54, 1.807) is 27.8 Å². The van der Waals surface area contributed by atoms with Crippen LogP contribution in [0.15, 0.2) is 36.7 Å². The first-order chi connectivity index (χ1) is 17.7. The molecule has 14 heteroatoms. The second kappa shape index (κ2) is 10.0. The lowest BCUT2D eigenvalue weighted by Crippen LogP contribution is -2.71. The number of aryl methyl sites for hydroxylation is 1. The summed E-state index contributed by atoms with van der Waals surface area (Å²) >= 11 is 0. The quantitative estimate of drug-likeness (QED) is 0.407. The molecule has 0 spiro atoms.